The van der Waals surface area contributed by atoms with Gasteiger partial charge in [-0.05, 0) is 29.6 Å². The summed E-state index contributed by atoms with van der Waals surface area (Å²) in [7, 11) is 0. The van der Waals surface area contributed by atoms with Crippen LogP contribution in [0.4, 0.5) is 0 Å². The van der Waals surface area contributed by atoms with Gasteiger partial charge in [-0.2, -0.15) is 0 Å². The van der Waals surface area contributed by atoms with E-state index in [1.165, 1.54) is 4.88 Å². The van der Waals surface area contributed by atoms with E-state index >= 15 is 0 Å². The minimum Gasteiger partial charge on any atom is -0.488 e. The lowest BCUT2D eigenvalue weighted by atomic mass is 10.2. The van der Waals surface area contributed by atoms with Crippen molar-refractivity contribution in [2.45, 2.75) is 6.61 Å². The van der Waals surface area contributed by atoms with Gasteiger partial charge in [-0.3, -0.25) is 9.69 Å². The molecule has 0 spiro atoms. The maximum atomic E-state index is 12.3. The number of rotatable bonds is 7. The Morgan fingerprint density at radius 3 is 2.92 bits per heavy atom. The quantitative estimate of drug-likeness (QED) is 0.806. The van der Waals surface area contributed by atoms with Crippen LogP contribution in [0.1, 0.15) is 15.2 Å². The van der Waals surface area contributed by atoms with Gasteiger partial charge >= 0.3 is 0 Å². The SMILES string of the molecule is O=C(NCCN1CCNCC1)c1cccc(OCc2cccs2)c1. The molecule has 1 amide bonds. The fourth-order valence-electron chi connectivity index (χ4n) is 2.64. The Bertz CT molecular complexity index is 639. The van der Waals surface area contributed by atoms with E-state index in [-0.39, 0.29) is 5.91 Å². The number of nitrogens with one attached hydrogen (secondary N) is 2. The fourth-order valence-corrected chi connectivity index (χ4v) is 3.26. The van der Waals surface area contributed by atoms with E-state index < -0.39 is 0 Å². The standard InChI is InChI=1S/C18H23N3O2S/c22-18(20-8-11-21-9-6-19-7-10-21)15-3-1-4-16(13-15)23-14-17-5-2-12-24-17/h1-5,12-13,19H,6-11,14H2,(H,20,22). The van der Waals surface area contributed by atoms with E-state index in [9.17, 15) is 4.79 Å². The van der Waals surface area contributed by atoms with Crippen LogP contribution in [0.5, 0.6) is 5.75 Å². The van der Waals surface area contributed by atoms with Crippen LogP contribution >= 0.6 is 11.3 Å². The summed E-state index contributed by atoms with van der Waals surface area (Å²) in [6.07, 6.45) is 0. The molecule has 1 aliphatic rings. The van der Waals surface area contributed by atoms with E-state index in [0.29, 0.717) is 18.7 Å². The number of hydrogen-bond donors (Lipinski definition) is 2. The van der Waals surface area contributed by atoms with Crippen LogP contribution in [0.25, 0.3) is 0 Å². The second-order valence-corrected chi connectivity index (χ2v) is 6.78. The maximum Gasteiger partial charge on any atom is 0.251 e. The predicted octanol–water partition coefficient (Wildman–Crippen LogP) is 1.96. The van der Waals surface area contributed by atoms with Gasteiger partial charge in [0.1, 0.15) is 12.4 Å². The average Bonchev–Trinajstić information content (AvgIpc) is 3.15. The molecule has 0 unspecified atom stereocenters. The summed E-state index contributed by atoms with van der Waals surface area (Å²) in [5, 5.41) is 8.34. The maximum absolute atomic E-state index is 12.3. The second-order valence-electron chi connectivity index (χ2n) is 5.74. The average molecular weight is 345 g/mol. The molecule has 1 fully saturated rings. The smallest absolute Gasteiger partial charge is 0.251 e. The molecule has 1 aromatic heterocycles. The largest absolute Gasteiger partial charge is 0.488 e. The number of piperazine rings is 1. The summed E-state index contributed by atoms with van der Waals surface area (Å²) in [6.45, 7) is 6.23. The molecule has 2 N–H and O–H groups in total. The van der Waals surface area contributed by atoms with Gasteiger partial charge in [-0.15, -0.1) is 11.3 Å². The zero-order valence-corrected chi connectivity index (χ0v) is 14.5. The second kappa shape index (κ2) is 8.82. The molecule has 2 aromatic rings. The van der Waals surface area contributed by atoms with E-state index in [4.69, 9.17) is 4.74 Å². The van der Waals surface area contributed by atoms with E-state index in [1.54, 1.807) is 17.4 Å². The Morgan fingerprint density at radius 1 is 1.25 bits per heavy atom. The zero-order valence-electron chi connectivity index (χ0n) is 13.7. The first-order valence-electron chi connectivity index (χ1n) is 8.28. The molecule has 0 saturated carbocycles. The predicted molar refractivity (Wildman–Crippen MR) is 96.7 cm³/mol. The molecule has 0 atom stereocenters. The highest BCUT2D eigenvalue weighted by atomic mass is 32.1. The molecule has 1 aliphatic heterocycles. The van der Waals surface area contributed by atoms with Crippen LogP contribution in [0, 0.1) is 0 Å². The molecule has 2 heterocycles. The van der Waals surface area contributed by atoms with Gasteiger partial charge in [0.15, 0.2) is 0 Å². The lowest BCUT2D eigenvalue weighted by Crippen LogP contribution is -2.46. The van der Waals surface area contributed by atoms with Crippen molar-refractivity contribution in [2.75, 3.05) is 39.3 Å². The Labute approximate surface area is 146 Å². The number of benzene rings is 1. The van der Waals surface area contributed by atoms with Crippen LogP contribution in [-0.4, -0.2) is 50.1 Å². The lowest BCUT2D eigenvalue weighted by molar-refractivity contribution is 0.0947. The summed E-state index contributed by atoms with van der Waals surface area (Å²) in [6, 6.07) is 11.4. The van der Waals surface area contributed by atoms with Crippen molar-refractivity contribution in [2.24, 2.45) is 0 Å². The fraction of sp³-hybridized carbons (Fsp3) is 0.389. The highest BCUT2D eigenvalue weighted by Gasteiger charge is 2.10. The Hall–Kier alpha value is -1.89. The first-order chi connectivity index (χ1) is 11.8. The third-order valence-corrected chi connectivity index (χ3v) is 4.83. The van der Waals surface area contributed by atoms with Gasteiger partial charge in [0, 0.05) is 49.7 Å². The minimum absolute atomic E-state index is 0.0493. The Balaban J connectivity index is 1.46. The van der Waals surface area contributed by atoms with Crippen molar-refractivity contribution in [3.05, 3.63) is 52.2 Å². The number of thiophene rings is 1. The van der Waals surface area contributed by atoms with Crippen molar-refractivity contribution < 1.29 is 9.53 Å². The summed E-state index contributed by atoms with van der Waals surface area (Å²) < 4.78 is 5.76. The molecule has 0 aliphatic carbocycles. The minimum atomic E-state index is -0.0493. The van der Waals surface area contributed by atoms with Gasteiger partial charge in [0.25, 0.3) is 5.91 Å². The molecule has 1 saturated heterocycles. The number of hydrogen-bond acceptors (Lipinski definition) is 5. The Kier molecular flexibility index (Phi) is 6.23. The number of ether oxygens (including phenoxy) is 1. The summed E-state index contributed by atoms with van der Waals surface area (Å²) in [5.74, 6) is 0.671. The highest BCUT2D eigenvalue weighted by molar-refractivity contribution is 7.09. The summed E-state index contributed by atoms with van der Waals surface area (Å²) in [4.78, 5) is 15.8. The van der Waals surface area contributed by atoms with Crippen LogP contribution in [-0.2, 0) is 6.61 Å². The third-order valence-electron chi connectivity index (χ3n) is 3.98. The first kappa shape index (κ1) is 17.0. The monoisotopic (exact) mass is 345 g/mol. The van der Waals surface area contributed by atoms with Crippen molar-refractivity contribution in [1.29, 1.82) is 0 Å². The van der Waals surface area contributed by atoms with Crippen LogP contribution < -0.4 is 15.4 Å². The Morgan fingerprint density at radius 2 is 2.12 bits per heavy atom. The zero-order chi connectivity index (χ0) is 16.6. The van der Waals surface area contributed by atoms with E-state index in [1.807, 2.05) is 35.7 Å². The summed E-state index contributed by atoms with van der Waals surface area (Å²) in [5.41, 5.74) is 0.638. The lowest BCUT2D eigenvalue weighted by Gasteiger charge is -2.27. The molecular weight excluding hydrogens is 322 g/mol. The summed E-state index contributed by atoms with van der Waals surface area (Å²) >= 11 is 1.66. The first-order valence-corrected chi connectivity index (χ1v) is 9.16. The van der Waals surface area contributed by atoms with Crippen molar-refractivity contribution in [1.82, 2.24) is 15.5 Å². The molecule has 0 bridgehead atoms. The van der Waals surface area contributed by atoms with Gasteiger partial charge < -0.3 is 15.4 Å². The molecule has 128 valence electrons. The van der Waals surface area contributed by atoms with Crippen LogP contribution in [0.15, 0.2) is 41.8 Å². The molecule has 1 aromatic carbocycles. The van der Waals surface area contributed by atoms with Gasteiger partial charge in [-0.25, -0.2) is 0 Å². The van der Waals surface area contributed by atoms with Crippen LogP contribution in [0.2, 0.25) is 0 Å². The molecular formula is C18H23N3O2S. The highest BCUT2D eigenvalue weighted by Crippen LogP contribution is 2.17. The van der Waals surface area contributed by atoms with E-state index in [0.717, 1.165) is 38.5 Å². The van der Waals surface area contributed by atoms with Gasteiger partial charge in [0.2, 0.25) is 0 Å². The van der Waals surface area contributed by atoms with Crippen molar-refractivity contribution in [3.63, 3.8) is 0 Å². The number of carbonyl (C=O) groups excluding carboxylic acids is 1. The van der Waals surface area contributed by atoms with Crippen molar-refractivity contribution >= 4 is 17.2 Å². The molecule has 5 nitrogen and oxygen atoms in total. The normalized spacial score (nSPS) is 15.2. The molecule has 0 radical (unpaired) electrons. The molecule has 24 heavy (non-hydrogen) atoms. The number of amides is 1. The third kappa shape index (κ3) is 5.06. The topological polar surface area (TPSA) is 53.6 Å². The van der Waals surface area contributed by atoms with Gasteiger partial charge in [-0.1, -0.05) is 12.1 Å². The van der Waals surface area contributed by atoms with Gasteiger partial charge in [0.05, 0.1) is 0 Å². The van der Waals surface area contributed by atoms with Crippen LogP contribution in [0.3, 0.4) is 0 Å². The molecule has 3 rings (SSSR count). The number of nitrogens with zero attached hydrogens (tertiary/aromatic N) is 1. The number of carbonyl (C=O) groups is 1. The van der Waals surface area contributed by atoms with Crippen molar-refractivity contribution in [3.8, 4) is 5.75 Å². The molecule has 6 heteroatoms. The van der Waals surface area contributed by atoms with E-state index in [2.05, 4.69) is 15.5 Å².